The Balaban J connectivity index is 1.47. The Kier molecular flexibility index (Phi) is 6.61. The number of anilines is 1. The Morgan fingerprint density at radius 2 is 1.97 bits per heavy atom. The number of pyridine rings is 1. The molecule has 168 valence electrons. The zero-order valence-electron chi connectivity index (χ0n) is 17.4. The Bertz CT molecular complexity index is 1260. The minimum Gasteiger partial charge on any atom is -0.481 e. The number of para-hydroxylation sites is 1. The molecule has 4 rings (SSSR count). The Morgan fingerprint density at radius 1 is 1.19 bits per heavy atom. The molecule has 1 fully saturated rings. The van der Waals surface area contributed by atoms with Crippen LogP contribution in [0.5, 0.6) is 5.75 Å². The van der Waals surface area contributed by atoms with Crippen LogP contribution in [0.15, 0.2) is 53.4 Å². The highest BCUT2D eigenvalue weighted by Crippen LogP contribution is 2.28. The topological polar surface area (TPSA) is 97.8 Å². The quantitative estimate of drug-likeness (QED) is 0.587. The summed E-state index contributed by atoms with van der Waals surface area (Å²) in [5.41, 5.74) is 1.82. The number of ether oxygens (including phenoxy) is 2. The highest BCUT2D eigenvalue weighted by molar-refractivity contribution is 7.89. The molecule has 0 aliphatic carbocycles. The lowest BCUT2D eigenvalue weighted by Gasteiger charge is -2.26. The second-order valence-corrected chi connectivity index (χ2v) is 9.59. The van der Waals surface area contributed by atoms with Crippen LogP contribution in [0, 0.1) is 6.92 Å². The van der Waals surface area contributed by atoms with Crippen LogP contribution >= 0.6 is 11.6 Å². The van der Waals surface area contributed by atoms with Crippen molar-refractivity contribution in [2.45, 2.75) is 11.8 Å². The lowest BCUT2D eigenvalue weighted by molar-refractivity contribution is -0.118. The third kappa shape index (κ3) is 4.86. The number of morpholine rings is 1. The van der Waals surface area contributed by atoms with Crippen molar-refractivity contribution in [1.82, 2.24) is 9.29 Å². The number of hydrogen-bond donors (Lipinski definition) is 1. The van der Waals surface area contributed by atoms with Gasteiger partial charge in [0.05, 0.1) is 18.2 Å². The number of rotatable bonds is 6. The van der Waals surface area contributed by atoms with Crippen LogP contribution in [-0.2, 0) is 19.6 Å². The van der Waals surface area contributed by atoms with Gasteiger partial charge >= 0.3 is 0 Å². The van der Waals surface area contributed by atoms with Gasteiger partial charge in [0.2, 0.25) is 10.0 Å². The first kappa shape index (κ1) is 22.5. The molecule has 1 aliphatic heterocycles. The van der Waals surface area contributed by atoms with E-state index in [1.807, 2.05) is 31.2 Å². The van der Waals surface area contributed by atoms with Crippen molar-refractivity contribution in [3.63, 3.8) is 0 Å². The maximum atomic E-state index is 13.0. The molecule has 1 N–H and O–H groups in total. The summed E-state index contributed by atoms with van der Waals surface area (Å²) in [5.74, 6) is 0.0553. The molecular formula is C22H22ClN3O5S. The van der Waals surface area contributed by atoms with Crippen molar-refractivity contribution in [2.75, 3.05) is 38.2 Å². The lowest BCUT2D eigenvalue weighted by Crippen LogP contribution is -2.40. The number of nitrogens with one attached hydrogen (secondary N) is 1. The van der Waals surface area contributed by atoms with E-state index in [0.717, 1.165) is 11.1 Å². The molecule has 0 spiro atoms. The minimum atomic E-state index is -3.80. The van der Waals surface area contributed by atoms with E-state index in [0.29, 0.717) is 30.2 Å². The summed E-state index contributed by atoms with van der Waals surface area (Å²) >= 11 is 6.16. The highest BCUT2D eigenvalue weighted by atomic mass is 35.5. The molecule has 1 saturated heterocycles. The van der Waals surface area contributed by atoms with Gasteiger partial charge in [-0.1, -0.05) is 29.8 Å². The van der Waals surface area contributed by atoms with Crippen LogP contribution in [-0.4, -0.2) is 56.5 Å². The van der Waals surface area contributed by atoms with Gasteiger partial charge in [-0.05, 0) is 37.3 Å². The molecule has 32 heavy (non-hydrogen) atoms. The third-order valence-electron chi connectivity index (χ3n) is 4.98. The van der Waals surface area contributed by atoms with Gasteiger partial charge in [-0.3, -0.25) is 4.79 Å². The first-order chi connectivity index (χ1) is 15.3. The number of sulfonamides is 1. The molecule has 10 heteroatoms. The number of benzene rings is 2. The number of aromatic nitrogens is 1. The van der Waals surface area contributed by atoms with Crippen molar-refractivity contribution in [3.05, 3.63) is 59.2 Å². The van der Waals surface area contributed by atoms with Crippen molar-refractivity contribution in [2.24, 2.45) is 0 Å². The summed E-state index contributed by atoms with van der Waals surface area (Å²) in [6, 6.07) is 13.7. The maximum Gasteiger partial charge on any atom is 0.262 e. The molecule has 1 aromatic heterocycles. The zero-order valence-corrected chi connectivity index (χ0v) is 18.9. The molecule has 0 bridgehead atoms. The van der Waals surface area contributed by atoms with Crippen molar-refractivity contribution in [1.29, 1.82) is 0 Å². The molecule has 3 aromatic rings. The summed E-state index contributed by atoms with van der Waals surface area (Å²) in [6.07, 6.45) is 0. The predicted molar refractivity (Wildman–Crippen MR) is 122 cm³/mol. The smallest absolute Gasteiger partial charge is 0.262 e. The van der Waals surface area contributed by atoms with E-state index in [4.69, 9.17) is 21.1 Å². The van der Waals surface area contributed by atoms with Gasteiger partial charge in [0.1, 0.15) is 16.2 Å². The zero-order chi connectivity index (χ0) is 22.7. The number of nitrogens with zero attached hydrogens (tertiary/aromatic N) is 2. The van der Waals surface area contributed by atoms with Crippen LogP contribution < -0.4 is 10.1 Å². The van der Waals surface area contributed by atoms with E-state index in [-0.39, 0.29) is 29.6 Å². The highest BCUT2D eigenvalue weighted by Gasteiger charge is 2.28. The molecule has 0 radical (unpaired) electrons. The van der Waals surface area contributed by atoms with Gasteiger partial charge in [-0.25, -0.2) is 13.4 Å². The second-order valence-electron chi connectivity index (χ2n) is 7.28. The first-order valence-corrected chi connectivity index (χ1v) is 11.8. The van der Waals surface area contributed by atoms with Gasteiger partial charge in [0.25, 0.3) is 5.91 Å². The SMILES string of the molecule is Cc1ccc2cccc(OCC(=O)Nc3ccc(Cl)c(S(=O)(=O)N4CCOCC4)c3)c2n1. The summed E-state index contributed by atoms with van der Waals surface area (Å²) in [4.78, 5) is 16.9. The largest absolute Gasteiger partial charge is 0.481 e. The Morgan fingerprint density at radius 3 is 2.75 bits per heavy atom. The monoisotopic (exact) mass is 475 g/mol. The fourth-order valence-corrected chi connectivity index (χ4v) is 5.29. The molecule has 1 aliphatic rings. The maximum absolute atomic E-state index is 13.0. The second kappa shape index (κ2) is 9.41. The molecule has 2 heterocycles. The molecule has 0 atom stereocenters. The summed E-state index contributed by atoms with van der Waals surface area (Å²) < 4.78 is 38.1. The van der Waals surface area contributed by atoms with Crippen molar-refractivity contribution >= 4 is 44.1 Å². The number of fused-ring (bicyclic) bond motifs is 1. The number of halogens is 1. The molecule has 0 saturated carbocycles. The Labute approximate surface area is 191 Å². The molecule has 1 amide bonds. The average Bonchev–Trinajstić information content (AvgIpc) is 2.79. The number of hydrogen-bond acceptors (Lipinski definition) is 6. The van der Waals surface area contributed by atoms with E-state index in [1.54, 1.807) is 12.1 Å². The van der Waals surface area contributed by atoms with Gasteiger partial charge in [-0.15, -0.1) is 0 Å². The fraction of sp³-hybridized carbons (Fsp3) is 0.273. The van der Waals surface area contributed by atoms with E-state index in [1.165, 1.54) is 16.4 Å². The van der Waals surface area contributed by atoms with Crippen LogP contribution in [0.1, 0.15) is 5.69 Å². The van der Waals surface area contributed by atoms with E-state index < -0.39 is 15.9 Å². The summed E-state index contributed by atoms with van der Waals surface area (Å²) in [7, 11) is -3.80. The van der Waals surface area contributed by atoms with Crippen molar-refractivity contribution < 1.29 is 22.7 Å². The normalized spacial score (nSPS) is 14.9. The minimum absolute atomic E-state index is 0.0616. The standard InChI is InChI=1S/C22H22ClN3O5S/c1-15-5-6-16-3-2-4-19(22(16)24-15)31-14-21(27)25-17-7-8-18(23)20(13-17)32(28,29)26-9-11-30-12-10-26/h2-8,13H,9-12,14H2,1H3,(H,25,27). The van der Waals surface area contributed by atoms with E-state index in [2.05, 4.69) is 10.3 Å². The van der Waals surface area contributed by atoms with Crippen LogP contribution in [0.3, 0.4) is 0 Å². The molecular weight excluding hydrogens is 454 g/mol. The third-order valence-corrected chi connectivity index (χ3v) is 7.36. The van der Waals surface area contributed by atoms with Crippen molar-refractivity contribution in [3.8, 4) is 5.75 Å². The van der Waals surface area contributed by atoms with E-state index in [9.17, 15) is 13.2 Å². The van der Waals surface area contributed by atoms with Crippen LogP contribution in [0.4, 0.5) is 5.69 Å². The van der Waals surface area contributed by atoms with Crippen LogP contribution in [0.25, 0.3) is 10.9 Å². The van der Waals surface area contributed by atoms with Gasteiger partial charge in [-0.2, -0.15) is 4.31 Å². The van der Waals surface area contributed by atoms with Gasteiger partial charge in [0, 0.05) is 29.9 Å². The lowest BCUT2D eigenvalue weighted by atomic mass is 10.2. The fourth-order valence-electron chi connectivity index (χ4n) is 3.38. The summed E-state index contributed by atoms with van der Waals surface area (Å²) in [6.45, 7) is 2.78. The number of carbonyl (C=O) groups excluding carboxylic acids is 1. The molecule has 8 nitrogen and oxygen atoms in total. The van der Waals surface area contributed by atoms with E-state index >= 15 is 0 Å². The Hall–Kier alpha value is -2.72. The molecule has 0 unspecified atom stereocenters. The average molecular weight is 476 g/mol. The van der Waals surface area contributed by atoms with Gasteiger partial charge in [0.15, 0.2) is 6.61 Å². The number of aryl methyl sites for hydroxylation is 1. The van der Waals surface area contributed by atoms with Crippen LogP contribution in [0.2, 0.25) is 5.02 Å². The predicted octanol–water partition coefficient (Wildman–Crippen LogP) is 3.24. The van der Waals surface area contributed by atoms with Gasteiger partial charge < -0.3 is 14.8 Å². The number of amides is 1. The molecule has 2 aromatic carbocycles. The first-order valence-electron chi connectivity index (χ1n) is 10.0. The summed E-state index contributed by atoms with van der Waals surface area (Å²) in [5, 5.41) is 3.66. The number of carbonyl (C=O) groups is 1.